The molecule has 0 rings (SSSR count). The fraction of sp³-hybridized carbons (Fsp3) is 0.385. The van der Waals surface area contributed by atoms with E-state index in [9.17, 15) is 19.2 Å². The maximum absolute atomic E-state index is 10.7. The molecule has 0 aromatic heterocycles. The number of carboxylic acids is 2. The Morgan fingerprint density at radius 2 is 1.29 bits per heavy atom. The third-order valence-electron chi connectivity index (χ3n) is 1.77. The molecule has 0 spiro atoms. The van der Waals surface area contributed by atoms with Gasteiger partial charge in [0.05, 0.1) is 26.6 Å². The van der Waals surface area contributed by atoms with Crippen LogP contribution in [-0.2, 0) is 28.7 Å². The average Bonchev–Trinajstić information content (AvgIpc) is 2.37. The highest BCUT2D eigenvalue weighted by Gasteiger charge is 2.11. The molecular formula is C13H18O8. The van der Waals surface area contributed by atoms with Crippen LogP contribution < -0.4 is 0 Å². The fourth-order valence-corrected chi connectivity index (χ4v) is 0.887. The van der Waals surface area contributed by atoms with Crippen molar-refractivity contribution >= 4 is 23.9 Å². The van der Waals surface area contributed by atoms with Crippen molar-refractivity contribution in [1.82, 2.24) is 0 Å². The van der Waals surface area contributed by atoms with Gasteiger partial charge in [0, 0.05) is 11.1 Å². The number of hydrogen-bond acceptors (Lipinski definition) is 6. The molecule has 2 N–H and O–H groups in total. The van der Waals surface area contributed by atoms with Crippen LogP contribution in [0.25, 0.3) is 0 Å². The van der Waals surface area contributed by atoms with E-state index in [2.05, 4.69) is 22.6 Å². The molecule has 0 saturated carbocycles. The molecule has 0 unspecified atom stereocenters. The number of esters is 2. The van der Waals surface area contributed by atoms with Gasteiger partial charge in [0.2, 0.25) is 0 Å². The van der Waals surface area contributed by atoms with Gasteiger partial charge in [-0.25, -0.2) is 9.59 Å². The summed E-state index contributed by atoms with van der Waals surface area (Å²) in [5.41, 5.74) is -0.0747. The number of ether oxygens (including phenoxy) is 2. The maximum Gasteiger partial charge on any atom is 0.333 e. The van der Waals surface area contributed by atoms with Gasteiger partial charge in [-0.05, 0) is 6.92 Å². The summed E-state index contributed by atoms with van der Waals surface area (Å²) in [5, 5.41) is 16.4. The quantitative estimate of drug-likeness (QED) is 0.521. The van der Waals surface area contributed by atoms with Crippen molar-refractivity contribution in [2.45, 2.75) is 19.8 Å². The van der Waals surface area contributed by atoms with Crippen molar-refractivity contribution < 1.29 is 38.9 Å². The zero-order valence-electron chi connectivity index (χ0n) is 11.9. The third-order valence-corrected chi connectivity index (χ3v) is 1.77. The first-order valence-corrected chi connectivity index (χ1v) is 5.70. The molecule has 0 bridgehead atoms. The Hall–Kier alpha value is -2.64. The highest BCUT2D eigenvalue weighted by Crippen LogP contribution is 2.00. The highest BCUT2D eigenvalue weighted by molar-refractivity contribution is 5.93. The van der Waals surface area contributed by atoms with Crippen molar-refractivity contribution in [2.24, 2.45) is 0 Å². The molecule has 118 valence electrons. The SMILES string of the molecule is C=C(CC(=O)O)C(=O)OC.C=C(CC(=O)O)C(=O)OCC. The Morgan fingerprint density at radius 3 is 1.57 bits per heavy atom. The number of carboxylic acid groups (broad SMARTS) is 2. The highest BCUT2D eigenvalue weighted by atomic mass is 16.5. The second-order valence-electron chi connectivity index (χ2n) is 3.56. The van der Waals surface area contributed by atoms with Crippen LogP contribution in [0.3, 0.4) is 0 Å². The van der Waals surface area contributed by atoms with Crippen molar-refractivity contribution in [3.05, 3.63) is 24.3 Å². The lowest BCUT2D eigenvalue weighted by Crippen LogP contribution is -2.10. The van der Waals surface area contributed by atoms with Gasteiger partial charge >= 0.3 is 23.9 Å². The largest absolute Gasteiger partial charge is 0.481 e. The van der Waals surface area contributed by atoms with Crippen LogP contribution in [0.4, 0.5) is 0 Å². The minimum absolute atomic E-state index is 0.0284. The monoisotopic (exact) mass is 302 g/mol. The molecule has 0 aliphatic rings. The van der Waals surface area contributed by atoms with Gasteiger partial charge in [-0.2, -0.15) is 0 Å². The number of carbonyl (C=O) groups excluding carboxylic acids is 2. The molecule has 0 amide bonds. The Kier molecular flexibility index (Phi) is 11.0. The zero-order valence-corrected chi connectivity index (χ0v) is 11.9. The molecule has 0 aromatic rings. The molecule has 0 saturated heterocycles. The van der Waals surface area contributed by atoms with Crippen LogP contribution in [0.5, 0.6) is 0 Å². The van der Waals surface area contributed by atoms with Gasteiger partial charge in [0.15, 0.2) is 0 Å². The van der Waals surface area contributed by atoms with Crippen LogP contribution in [-0.4, -0.2) is 47.8 Å². The second kappa shape index (κ2) is 11.2. The number of aliphatic carboxylic acids is 2. The second-order valence-corrected chi connectivity index (χ2v) is 3.56. The van der Waals surface area contributed by atoms with E-state index in [1.807, 2.05) is 0 Å². The molecule has 8 nitrogen and oxygen atoms in total. The molecular weight excluding hydrogens is 284 g/mol. The third kappa shape index (κ3) is 12.2. The molecule has 8 heteroatoms. The van der Waals surface area contributed by atoms with Crippen LogP contribution in [0.1, 0.15) is 19.8 Å². The summed E-state index contributed by atoms with van der Waals surface area (Å²) in [7, 11) is 1.18. The van der Waals surface area contributed by atoms with Gasteiger partial charge in [-0.1, -0.05) is 13.2 Å². The minimum atomic E-state index is -1.09. The van der Waals surface area contributed by atoms with E-state index < -0.39 is 23.9 Å². The smallest absolute Gasteiger partial charge is 0.333 e. The Bertz CT molecular complexity index is 435. The summed E-state index contributed by atoms with van der Waals surface area (Å²) < 4.78 is 8.71. The molecule has 0 heterocycles. The lowest BCUT2D eigenvalue weighted by molar-refractivity contribution is -0.142. The van der Waals surface area contributed by atoms with E-state index in [0.29, 0.717) is 0 Å². The van der Waals surface area contributed by atoms with Crippen molar-refractivity contribution in [3.63, 3.8) is 0 Å². The zero-order chi connectivity index (χ0) is 17.0. The molecule has 0 radical (unpaired) electrons. The Labute approximate surface area is 121 Å². The normalized spacial score (nSPS) is 8.67. The Morgan fingerprint density at radius 1 is 0.905 bits per heavy atom. The van der Waals surface area contributed by atoms with Crippen LogP contribution in [0.15, 0.2) is 24.3 Å². The molecule has 21 heavy (non-hydrogen) atoms. The minimum Gasteiger partial charge on any atom is -0.481 e. The lowest BCUT2D eigenvalue weighted by Gasteiger charge is -2.00. The summed E-state index contributed by atoms with van der Waals surface area (Å²) in [6.07, 6.45) is -0.731. The molecule has 0 aromatic carbocycles. The van der Waals surface area contributed by atoms with Gasteiger partial charge in [-0.3, -0.25) is 9.59 Å². The molecule has 0 aliphatic carbocycles. The topological polar surface area (TPSA) is 127 Å². The first-order valence-electron chi connectivity index (χ1n) is 5.70. The number of carbonyl (C=O) groups is 4. The van der Waals surface area contributed by atoms with E-state index in [-0.39, 0.29) is 30.6 Å². The van der Waals surface area contributed by atoms with Crippen LogP contribution in [0.2, 0.25) is 0 Å². The summed E-state index contributed by atoms with van der Waals surface area (Å²) in [4.78, 5) is 41.2. The van der Waals surface area contributed by atoms with Gasteiger partial charge < -0.3 is 19.7 Å². The average molecular weight is 302 g/mol. The van der Waals surface area contributed by atoms with E-state index in [0.717, 1.165) is 0 Å². The summed E-state index contributed by atoms with van der Waals surface area (Å²) in [5.74, 6) is -3.49. The van der Waals surface area contributed by atoms with Gasteiger partial charge in [-0.15, -0.1) is 0 Å². The van der Waals surface area contributed by atoms with Crippen molar-refractivity contribution in [3.8, 4) is 0 Å². The van der Waals surface area contributed by atoms with Crippen molar-refractivity contribution in [1.29, 1.82) is 0 Å². The summed E-state index contributed by atoms with van der Waals surface area (Å²) in [6, 6.07) is 0. The summed E-state index contributed by atoms with van der Waals surface area (Å²) >= 11 is 0. The standard InChI is InChI=1S/C7H10O4.C6H8O4/c1-3-11-7(10)5(2)4-6(8)9;1-4(3-5(7)8)6(9)10-2/h2-4H2,1H3,(H,8,9);1,3H2,2H3,(H,7,8). The Balaban J connectivity index is 0. The van der Waals surface area contributed by atoms with Gasteiger partial charge in [0.1, 0.15) is 0 Å². The molecule has 0 aliphatic heterocycles. The summed E-state index contributed by atoms with van der Waals surface area (Å²) in [6.45, 7) is 8.35. The van der Waals surface area contributed by atoms with E-state index in [1.165, 1.54) is 7.11 Å². The van der Waals surface area contributed by atoms with Gasteiger partial charge in [0.25, 0.3) is 0 Å². The van der Waals surface area contributed by atoms with E-state index >= 15 is 0 Å². The van der Waals surface area contributed by atoms with E-state index in [1.54, 1.807) is 6.92 Å². The molecule has 0 atom stereocenters. The number of methoxy groups -OCH3 is 1. The first kappa shape index (κ1) is 20.7. The predicted molar refractivity (Wildman–Crippen MR) is 71.4 cm³/mol. The number of hydrogen-bond donors (Lipinski definition) is 2. The first-order chi connectivity index (χ1) is 9.65. The van der Waals surface area contributed by atoms with E-state index in [4.69, 9.17) is 10.2 Å². The predicted octanol–water partition coefficient (Wildman–Crippen LogP) is 0.771. The lowest BCUT2D eigenvalue weighted by atomic mass is 10.2. The maximum atomic E-state index is 10.7. The van der Waals surface area contributed by atoms with Crippen LogP contribution in [0, 0.1) is 0 Å². The van der Waals surface area contributed by atoms with Crippen LogP contribution >= 0.6 is 0 Å². The molecule has 0 fully saturated rings. The number of rotatable bonds is 7. The fourth-order valence-electron chi connectivity index (χ4n) is 0.887. The van der Waals surface area contributed by atoms with Crippen molar-refractivity contribution in [2.75, 3.05) is 13.7 Å².